The van der Waals surface area contributed by atoms with Gasteiger partial charge in [-0.15, -0.1) is 11.3 Å². The molecular formula is C30H34ClN3O2S. The van der Waals surface area contributed by atoms with Gasteiger partial charge in [-0.3, -0.25) is 14.5 Å². The minimum absolute atomic E-state index is 0.0537. The molecule has 7 heteroatoms. The first-order valence-corrected chi connectivity index (χ1v) is 14.5. The van der Waals surface area contributed by atoms with Crippen molar-refractivity contribution in [1.82, 2.24) is 14.7 Å². The number of rotatable bonds is 7. The van der Waals surface area contributed by atoms with E-state index in [-0.39, 0.29) is 17.9 Å². The summed E-state index contributed by atoms with van der Waals surface area (Å²) in [6.45, 7) is 5.68. The Bertz CT molecular complexity index is 1220. The van der Waals surface area contributed by atoms with Crippen LogP contribution in [0.25, 0.3) is 0 Å². The molecule has 5 nitrogen and oxygen atoms in total. The van der Waals surface area contributed by atoms with Crippen LogP contribution in [-0.2, 0) is 17.6 Å². The predicted octanol–water partition coefficient (Wildman–Crippen LogP) is 5.68. The summed E-state index contributed by atoms with van der Waals surface area (Å²) in [5.41, 5.74) is 4.46. The molecule has 5 rings (SSSR count). The summed E-state index contributed by atoms with van der Waals surface area (Å²) < 4.78 is 0. The van der Waals surface area contributed by atoms with E-state index in [0.717, 1.165) is 43.4 Å². The van der Waals surface area contributed by atoms with Crippen molar-refractivity contribution in [3.8, 4) is 0 Å². The van der Waals surface area contributed by atoms with Crippen LogP contribution in [0.1, 0.15) is 57.7 Å². The van der Waals surface area contributed by atoms with Gasteiger partial charge in [0.25, 0.3) is 5.91 Å². The number of benzene rings is 2. The first-order valence-electron chi connectivity index (χ1n) is 13.2. The van der Waals surface area contributed by atoms with Gasteiger partial charge in [-0.25, -0.2) is 0 Å². The predicted molar refractivity (Wildman–Crippen MR) is 150 cm³/mol. The van der Waals surface area contributed by atoms with Crippen LogP contribution in [0.3, 0.4) is 0 Å². The quantitative estimate of drug-likeness (QED) is 0.391. The standard InChI is InChI=1S/C30H34ClN3O2S/c1-2-3-4-22-5-7-24(8-6-22)30(36)33-18-16-32(17-19-33)28(35)21-34-15-13-27-26(14-20-37-27)29(34)23-9-11-25(31)12-10-23/h5-12,14,20,29H,2-4,13,15-19,21H2,1H3/t29-/m0/s1. The maximum absolute atomic E-state index is 13.4. The van der Waals surface area contributed by atoms with E-state index in [1.54, 1.807) is 11.3 Å². The molecular weight excluding hydrogens is 502 g/mol. The Morgan fingerprint density at radius 1 is 0.919 bits per heavy atom. The third-order valence-electron chi connectivity index (χ3n) is 7.53. The van der Waals surface area contributed by atoms with Crippen molar-refractivity contribution in [2.45, 2.75) is 38.6 Å². The molecule has 0 spiro atoms. The van der Waals surface area contributed by atoms with Gasteiger partial charge in [0, 0.05) is 48.2 Å². The SMILES string of the molecule is CCCCc1ccc(C(=O)N2CCN(C(=O)CN3CCc4sccc4[C@@H]3c3ccc(Cl)cc3)CC2)cc1. The second-order valence-electron chi connectivity index (χ2n) is 9.95. The Morgan fingerprint density at radius 2 is 1.62 bits per heavy atom. The number of halogens is 1. The first-order chi connectivity index (χ1) is 18.0. The van der Waals surface area contributed by atoms with Gasteiger partial charge in [-0.2, -0.15) is 0 Å². The normalized spacial score (nSPS) is 18.1. The molecule has 2 aliphatic rings. The van der Waals surface area contributed by atoms with Crippen molar-refractivity contribution in [3.63, 3.8) is 0 Å². The highest BCUT2D eigenvalue weighted by Crippen LogP contribution is 2.38. The molecule has 1 aromatic heterocycles. The summed E-state index contributed by atoms with van der Waals surface area (Å²) in [4.78, 5) is 33.9. The van der Waals surface area contributed by atoms with E-state index in [2.05, 4.69) is 47.5 Å². The lowest BCUT2D eigenvalue weighted by Crippen LogP contribution is -2.53. The monoisotopic (exact) mass is 535 g/mol. The minimum atomic E-state index is 0.0537. The third-order valence-corrected chi connectivity index (χ3v) is 8.78. The Morgan fingerprint density at radius 3 is 2.32 bits per heavy atom. The van der Waals surface area contributed by atoms with Crippen molar-refractivity contribution >= 4 is 34.8 Å². The van der Waals surface area contributed by atoms with Crippen LogP contribution in [-0.4, -0.2) is 65.8 Å². The Labute approximate surface area is 228 Å². The smallest absolute Gasteiger partial charge is 0.253 e. The Balaban J connectivity index is 1.20. The van der Waals surface area contributed by atoms with E-state index in [1.807, 2.05) is 34.1 Å². The van der Waals surface area contributed by atoms with Crippen molar-refractivity contribution in [3.05, 3.63) is 92.1 Å². The van der Waals surface area contributed by atoms with Crippen molar-refractivity contribution in [1.29, 1.82) is 0 Å². The second kappa shape index (κ2) is 11.8. The molecule has 2 amide bonds. The van der Waals surface area contributed by atoms with Gasteiger partial charge < -0.3 is 9.80 Å². The molecule has 1 fully saturated rings. The zero-order chi connectivity index (χ0) is 25.8. The minimum Gasteiger partial charge on any atom is -0.338 e. The largest absolute Gasteiger partial charge is 0.338 e. The van der Waals surface area contributed by atoms with E-state index in [9.17, 15) is 9.59 Å². The number of aryl methyl sites for hydroxylation is 1. The Hall–Kier alpha value is -2.67. The number of hydrogen-bond donors (Lipinski definition) is 0. The molecule has 0 unspecified atom stereocenters. The molecule has 37 heavy (non-hydrogen) atoms. The summed E-state index contributed by atoms with van der Waals surface area (Å²) in [6.07, 6.45) is 4.34. The number of fused-ring (bicyclic) bond motifs is 1. The van der Waals surface area contributed by atoms with Crippen LogP contribution < -0.4 is 0 Å². The highest BCUT2D eigenvalue weighted by molar-refractivity contribution is 7.10. The third kappa shape index (κ3) is 5.92. The van der Waals surface area contributed by atoms with E-state index in [0.29, 0.717) is 37.7 Å². The summed E-state index contributed by atoms with van der Waals surface area (Å²) in [5.74, 6) is 0.183. The van der Waals surface area contributed by atoms with Gasteiger partial charge in [0.2, 0.25) is 5.91 Å². The molecule has 2 aliphatic heterocycles. The zero-order valence-corrected chi connectivity index (χ0v) is 22.9. The molecule has 0 aliphatic carbocycles. The molecule has 194 valence electrons. The first kappa shape index (κ1) is 26.0. The number of thiophene rings is 1. The number of piperazine rings is 1. The van der Waals surface area contributed by atoms with Crippen LogP contribution in [0.15, 0.2) is 60.0 Å². The van der Waals surface area contributed by atoms with Crippen molar-refractivity contribution in [2.75, 3.05) is 39.3 Å². The number of amides is 2. The van der Waals surface area contributed by atoms with Crippen molar-refractivity contribution in [2.24, 2.45) is 0 Å². The molecule has 3 aromatic rings. The summed E-state index contributed by atoms with van der Waals surface area (Å²) >= 11 is 7.95. The molecule has 0 N–H and O–H groups in total. The van der Waals surface area contributed by atoms with Crippen LogP contribution >= 0.6 is 22.9 Å². The lowest BCUT2D eigenvalue weighted by molar-refractivity contribution is -0.134. The molecule has 2 aromatic carbocycles. The van der Waals surface area contributed by atoms with Gasteiger partial charge in [0.15, 0.2) is 0 Å². The lowest BCUT2D eigenvalue weighted by atomic mass is 9.93. The topological polar surface area (TPSA) is 43.9 Å². The van der Waals surface area contributed by atoms with Gasteiger partial charge in [-0.05, 0) is 71.7 Å². The van der Waals surface area contributed by atoms with Gasteiger partial charge in [0.1, 0.15) is 0 Å². The maximum Gasteiger partial charge on any atom is 0.253 e. The highest BCUT2D eigenvalue weighted by Gasteiger charge is 2.33. The summed E-state index contributed by atoms with van der Waals surface area (Å²) in [7, 11) is 0. The number of carbonyl (C=O) groups excluding carboxylic acids is 2. The fourth-order valence-corrected chi connectivity index (χ4v) is 6.41. The summed E-state index contributed by atoms with van der Waals surface area (Å²) in [6, 6.07) is 18.2. The number of carbonyl (C=O) groups is 2. The van der Waals surface area contributed by atoms with E-state index < -0.39 is 0 Å². The van der Waals surface area contributed by atoms with Gasteiger partial charge in [0.05, 0.1) is 12.6 Å². The van der Waals surface area contributed by atoms with E-state index in [4.69, 9.17) is 11.6 Å². The molecule has 1 atom stereocenters. The summed E-state index contributed by atoms with van der Waals surface area (Å²) in [5, 5.41) is 2.86. The van der Waals surface area contributed by atoms with Crippen LogP contribution in [0.2, 0.25) is 5.02 Å². The Kier molecular flexibility index (Phi) is 8.28. The number of nitrogens with zero attached hydrogens (tertiary/aromatic N) is 3. The molecule has 0 radical (unpaired) electrons. The molecule has 0 saturated carbocycles. The number of unbranched alkanes of at least 4 members (excludes halogenated alkanes) is 1. The van der Waals surface area contributed by atoms with E-state index >= 15 is 0 Å². The van der Waals surface area contributed by atoms with Gasteiger partial charge in [-0.1, -0.05) is 49.2 Å². The highest BCUT2D eigenvalue weighted by atomic mass is 35.5. The number of hydrogen-bond acceptors (Lipinski definition) is 4. The second-order valence-corrected chi connectivity index (χ2v) is 11.4. The maximum atomic E-state index is 13.4. The average Bonchev–Trinajstić information content (AvgIpc) is 3.41. The molecule has 1 saturated heterocycles. The van der Waals surface area contributed by atoms with E-state index in [1.165, 1.54) is 16.0 Å². The van der Waals surface area contributed by atoms with Crippen LogP contribution in [0.5, 0.6) is 0 Å². The fourth-order valence-electron chi connectivity index (χ4n) is 5.38. The van der Waals surface area contributed by atoms with Crippen molar-refractivity contribution < 1.29 is 9.59 Å². The fraction of sp³-hybridized carbons (Fsp3) is 0.400. The van der Waals surface area contributed by atoms with Crippen LogP contribution in [0, 0.1) is 0 Å². The molecule has 0 bridgehead atoms. The van der Waals surface area contributed by atoms with Gasteiger partial charge >= 0.3 is 0 Å². The zero-order valence-electron chi connectivity index (χ0n) is 21.4. The lowest BCUT2D eigenvalue weighted by Gasteiger charge is -2.39. The molecule has 3 heterocycles. The average molecular weight is 536 g/mol. The van der Waals surface area contributed by atoms with Crippen LogP contribution in [0.4, 0.5) is 0 Å².